The van der Waals surface area contributed by atoms with Crippen molar-refractivity contribution in [2.75, 3.05) is 11.4 Å². The largest absolute Gasteiger partial charge is 0.344 e. The first-order valence-electron chi connectivity index (χ1n) is 5.76. The lowest BCUT2D eigenvalue weighted by atomic mass is 10.1. The second-order valence-corrected chi connectivity index (χ2v) is 4.67. The Hall–Kier alpha value is -1.39. The van der Waals surface area contributed by atoms with Crippen molar-refractivity contribution in [1.29, 1.82) is 0 Å². The van der Waals surface area contributed by atoms with Gasteiger partial charge in [0.1, 0.15) is 0 Å². The van der Waals surface area contributed by atoms with Gasteiger partial charge in [-0.05, 0) is 18.1 Å². The molecule has 1 aromatic heterocycles. The van der Waals surface area contributed by atoms with Gasteiger partial charge >= 0.3 is 0 Å². The van der Waals surface area contributed by atoms with E-state index in [1.165, 1.54) is 11.1 Å². The van der Waals surface area contributed by atoms with Gasteiger partial charge in [-0.3, -0.25) is 0 Å². The van der Waals surface area contributed by atoms with Crippen LogP contribution in [0.3, 0.4) is 0 Å². The number of rotatable bonds is 5. The van der Waals surface area contributed by atoms with Crippen LogP contribution < -0.4 is 10.6 Å². The molecule has 0 aliphatic heterocycles. The fourth-order valence-electron chi connectivity index (χ4n) is 1.80. The molecule has 0 spiro atoms. The highest BCUT2D eigenvalue weighted by Crippen LogP contribution is 2.20. The molecule has 0 radical (unpaired) electrons. The van der Waals surface area contributed by atoms with Crippen LogP contribution in [0.25, 0.3) is 0 Å². The molecule has 90 valence electrons. The molecular weight excluding hydrogens is 230 g/mol. The molecule has 17 heavy (non-hydrogen) atoms. The van der Waals surface area contributed by atoms with Gasteiger partial charge in [0.05, 0.1) is 0 Å². The van der Waals surface area contributed by atoms with Crippen LogP contribution in [0.5, 0.6) is 0 Å². The fraction of sp³-hybridized carbons (Fsp3) is 0.308. The van der Waals surface area contributed by atoms with Gasteiger partial charge in [0.25, 0.3) is 0 Å². The highest BCUT2D eigenvalue weighted by Gasteiger charge is 2.09. The number of anilines is 1. The topological polar surface area (TPSA) is 42.1 Å². The molecule has 0 unspecified atom stereocenters. The maximum Gasteiger partial charge on any atom is 0.185 e. The highest BCUT2D eigenvalue weighted by atomic mass is 32.1. The molecule has 0 aliphatic carbocycles. The molecule has 0 amide bonds. The van der Waals surface area contributed by atoms with Gasteiger partial charge in [-0.15, -0.1) is 11.3 Å². The maximum atomic E-state index is 5.75. The smallest absolute Gasteiger partial charge is 0.185 e. The zero-order valence-electron chi connectivity index (χ0n) is 9.97. The predicted octanol–water partition coefficient (Wildman–Crippen LogP) is 2.63. The SMILES string of the molecule is CCN(Cc1ccccc1CN)c1nccs1. The molecule has 1 heterocycles. The van der Waals surface area contributed by atoms with Gasteiger partial charge in [-0.25, -0.2) is 4.98 Å². The summed E-state index contributed by atoms with van der Waals surface area (Å²) in [5.41, 5.74) is 8.25. The third-order valence-electron chi connectivity index (χ3n) is 2.77. The van der Waals surface area contributed by atoms with Crippen LogP contribution in [0.4, 0.5) is 5.13 Å². The summed E-state index contributed by atoms with van der Waals surface area (Å²) in [6, 6.07) is 8.32. The van der Waals surface area contributed by atoms with Crippen molar-refractivity contribution in [3.05, 3.63) is 47.0 Å². The van der Waals surface area contributed by atoms with Crippen LogP contribution in [0, 0.1) is 0 Å². The summed E-state index contributed by atoms with van der Waals surface area (Å²) in [6.07, 6.45) is 1.84. The van der Waals surface area contributed by atoms with Crippen molar-refractivity contribution in [3.8, 4) is 0 Å². The average molecular weight is 247 g/mol. The maximum absolute atomic E-state index is 5.75. The van der Waals surface area contributed by atoms with Gasteiger partial charge in [-0.1, -0.05) is 24.3 Å². The van der Waals surface area contributed by atoms with Crippen molar-refractivity contribution in [3.63, 3.8) is 0 Å². The van der Waals surface area contributed by atoms with Crippen molar-refractivity contribution < 1.29 is 0 Å². The second kappa shape index (κ2) is 5.80. The Balaban J connectivity index is 2.18. The van der Waals surface area contributed by atoms with E-state index >= 15 is 0 Å². The molecule has 2 N–H and O–H groups in total. The second-order valence-electron chi connectivity index (χ2n) is 3.80. The zero-order chi connectivity index (χ0) is 12.1. The van der Waals surface area contributed by atoms with E-state index in [0.717, 1.165) is 18.2 Å². The van der Waals surface area contributed by atoms with E-state index in [1.54, 1.807) is 11.3 Å². The number of nitrogens with zero attached hydrogens (tertiary/aromatic N) is 2. The molecule has 0 fully saturated rings. The van der Waals surface area contributed by atoms with Crippen LogP contribution in [0.1, 0.15) is 18.1 Å². The van der Waals surface area contributed by atoms with Gasteiger partial charge < -0.3 is 10.6 Å². The van der Waals surface area contributed by atoms with Crippen LogP contribution >= 0.6 is 11.3 Å². The predicted molar refractivity (Wildman–Crippen MR) is 73.2 cm³/mol. The third-order valence-corrected chi connectivity index (χ3v) is 3.60. The summed E-state index contributed by atoms with van der Waals surface area (Å²) < 4.78 is 0. The third kappa shape index (κ3) is 2.84. The van der Waals surface area contributed by atoms with Crippen molar-refractivity contribution >= 4 is 16.5 Å². The minimum atomic E-state index is 0.589. The number of aromatic nitrogens is 1. The molecule has 0 saturated heterocycles. The molecular formula is C13H17N3S. The van der Waals surface area contributed by atoms with E-state index in [9.17, 15) is 0 Å². The monoisotopic (exact) mass is 247 g/mol. The summed E-state index contributed by atoms with van der Waals surface area (Å²) in [5, 5.41) is 3.08. The average Bonchev–Trinajstić information content (AvgIpc) is 2.90. The Morgan fingerprint density at radius 2 is 2.06 bits per heavy atom. The van der Waals surface area contributed by atoms with Gasteiger partial charge in [0, 0.05) is 31.2 Å². The lowest BCUT2D eigenvalue weighted by molar-refractivity contribution is 0.814. The Bertz CT molecular complexity index is 453. The number of hydrogen-bond donors (Lipinski definition) is 1. The molecule has 1 aromatic carbocycles. The molecule has 4 heteroatoms. The first-order chi connectivity index (χ1) is 8.35. The van der Waals surface area contributed by atoms with Crippen LogP contribution in [0.15, 0.2) is 35.8 Å². The number of hydrogen-bond acceptors (Lipinski definition) is 4. The summed E-state index contributed by atoms with van der Waals surface area (Å²) in [5.74, 6) is 0. The molecule has 0 saturated carbocycles. The van der Waals surface area contributed by atoms with E-state index < -0.39 is 0 Å². The van der Waals surface area contributed by atoms with E-state index in [-0.39, 0.29) is 0 Å². The molecule has 0 atom stereocenters. The lowest BCUT2D eigenvalue weighted by Gasteiger charge is -2.21. The van der Waals surface area contributed by atoms with E-state index in [4.69, 9.17) is 5.73 Å². The first kappa shape index (κ1) is 12.1. The summed E-state index contributed by atoms with van der Waals surface area (Å²) in [4.78, 5) is 6.62. The minimum Gasteiger partial charge on any atom is -0.344 e. The summed E-state index contributed by atoms with van der Waals surface area (Å²) >= 11 is 1.67. The Morgan fingerprint density at radius 3 is 2.65 bits per heavy atom. The highest BCUT2D eigenvalue weighted by molar-refractivity contribution is 7.13. The molecule has 0 bridgehead atoms. The fourth-order valence-corrected chi connectivity index (χ4v) is 2.51. The molecule has 2 rings (SSSR count). The standard InChI is InChI=1S/C13H17N3S/c1-2-16(13-15-7-8-17-13)10-12-6-4-3-5-11(12)9-14/h3-8H,2,9-10,14H2,1H3. The summed E-state index contributed by atoms with van der Waals surface area (Å²) in [6.45, 7) is 4.56. The summed E-state index contributed by atoms with van der Waals surface area (Å²) in [7, 11) is 0. The minimum absolute atomic E-state index is 0.589. The molecule has 2 aromatic rings. The van der Waals surface area contributed by atoms with Gasteiger partial charge in [0.2, 0.25) is 0 Å². The Morgan fingerprint density at radius 1 is 1.29 bits per heavy atom. The van der Waals surface area contributed by atoms with Gasteiger partial charge in [-0.2, -0.15) is 0 Å². The van der Waals surface area contributed by atoms with E-state index in [1.807, 2.05) is 17.6 Å². The lowest BCUT2D eigenvalue weighted by Crippen LogP contribution is -2.22. The normalized spacial score (nSPS) is 10.5. The van der Waals surface area contributed by atoms with E-state index in [2.05, 4.69) is 35.0 Å². The number of nitrogens with two attached hydrogens (primary N) is 1. The molecule has 0 aliphatic rings. The molecule has 3 nitrogen and oxygen atoms in total. The van der Waals surface area contributed by atoms with Crippen LogP contribution in [-0.2, 0) is 13.1 Å². The Kier molecular flexibility index (Phi) is 4.12. The number of thiazole rings is 1. The van der Waals surface area contributed by atoms with Crippen LogP contribution in [0.2, 0.25) is 0 Å². The van der Waals surface area contributed by atoms with Crippen molar-refractivity contribution in [1.82, 2.24) is 4.98 Å². The van der Waals surface area contributed by atoms with Gasteiger partial charge in [0.15, 0.2) is 5.13 Å². The number of benzene rings is 1. The van der Waals surface area contributed by atoms with E-state index in [0.29, 0.717) is 6.54 Å². The first-order valence-corrected chi connectivity index (χ1v) is 6.64. The zero-order valence-corrected chi connectivity index (χ0v) is 10.8. The quantitative estimate of drug-likeness (QED) is 0.883. The Labute approximate surface area is 106 Å². The van der Waals surface area contributed by atoms with Crippen LogP contribution in [-0.4, -0.2) is 11.5 Å². The van der Waals surface area contributed by atoms with Crippen molar-refractivity contribution in [2.45, 2.75) is 20.0 Å². The van der Waals surface area contributed by atoms with Crippen molar-refractivity contribution in [2.24, 2.45) is 5.73 Å².